The quantitative estimate of drug-likeness (QED) is 0.173. The molecule has 9 N–H and O–H groups in total. The van der Waals surface area contributed by atoms with Crippen LogP contribution in [-0.2, 0) is 9.59 Å². The first-order chi connectivity index (χ1) is 8.27. The molecule has 0 aromatic rings. The number of carbonyl (C=O) groups is 2. The predicted molar refractivity (Wildman–Crippen MR) is 57.7 cm³/mol. The Bertz CT molecular complexity index is 289. The van der Waals surface area contributed by atoms with Crippen molar-refractivity contribution in [2.24, 2.45) is 11.5 Å². The zero-order valence-corrected chi connectivity index (χ0v) is 9.56. The highest BCUT2D eigenvalue weighted by atomic mass is 16.6. The standard InChI is InChI=1S/C8H18N4O6/c9-3-5(13)1-4(10)2-6(14)11-12(18)7(15)8(16)17/h4-5,7,13,15,18H,1-3,9-10H2,(H,11,14)(H,16,17)/t4-,5-,7+/m1/s1. The van der Waals surface area contributed by atoms with E-state index in [4.69, 9.17) is 32.0 Å². The number of hydrogen-bond acceptors (Lipinski definition) is 8. The molecule has 0 fully saturated rings. The molecule has 0 spiro atoms. The van der Waals surface area contributed by atoms with E-state index in [9.17, 15) is 9.59 Å². The Labute approximate surface area is 103 Å². The average Bonchev–Trinajstić information content (AvgIpc) is 2.26. The summed E-state index contributed by atoms with van der Waals surface area (Å²) in [7, 11) is 0. The van der Waals surface area contributed by atoms with E-state index in [1.54, 1.807) is 5.43 Å². The maximum Gasteiger partial charge on any atom is 0.352 e. The zero-order chi connectivity index (χ0) is 14.3. The Kier molecular flexibility index (Phi) is 7.35. The number of hydrogen-bond donors (Lipinski definition) is 7. The number of aliphatic hydroxyl groups excluding tert-OH is 2. The molecule has 3 atom stereocenters. The van der Waals surface area contributed by atoms with Crippen LogP contribution in [0.3, 0.4) is 0 Å². The summed E-state index contributed by atoms with van der Waals surface area (Å²) in [5, 5.41) is 35.0. The van der Waals surface area contributed by atoms with Crippen molar-refractivity contribution in [2.45, 2.75) is 31.2 Å². The van der Waals surface area contributed by atoms with Crippen LogP contribution in [-0.4, -0.2) is 62.5 Å². The summed E-state index contributed by atoms with van der Waals surface area (Å²) in [6.07, 6.45) is -3.32. The summed E-state index contributed by atoms with van der Waals surface area (Å²) in [5.41, 5.74) is 12.4. The topological polar surface area (TPSA) is 182 Å². The first-order valence-corrected chi connectivity index (χ1v) is 5.10. The van der Waals surface area contributed by atoms with Crippen molar-refractivity contribution >= 4 is 11.9 Å². The summed E-state index contributed by atoms with van der Waals surface area (Å²) < 4.78 is 0. The number of carbonyl (C=O) groups excluding carboxylic acids is 1. The Morgan fingerprint density at radius 3 is 2.33 bits per heavy atom. The number of nitrogens with one attached hydrogen (secondary N) is 1. The SMILES string of the molecule is NC[C@H](O)C[C@@H](N)CC(=O)NN(O)[C@@H](O)C(=O)O. The number of hydroxylamine groups is 1. The average molecular weight is 266 g/mol. The molecule has 0 aromatic carbocycles. The molecule has 106 valence electrons. The second kappa shape index (κ2) is 7.92. The van der Waals surface area contributed by atoms with Crippen molar-refractivity contribution in [3.63, 3.8) is 0 Å². The molecule has 0 saturated carbocycles. The van der Waals surface area contributed by atoms with E-state index in [1.807, 2.05) is 0 Å². The maximum absolute atomic E-state index is 11.3. The van der Waals surface area contributed by atoms with Gasteiger partial charge in [0.1, 0.15) is 0 Å². The van der Waals surface area contributed by atoms with Crippen molar-refractivity contribution in [3.05, 3.63) is 0 Å². The van der Waals surface area contributed by atoms with Gasteiger partial charge in [-0.25, -0.2) is 4.79 Å². The summed E-state index contributed by atoms with van der Waals surface area (Å²) in [4.78, 5) is 21.5. The molecule has 10 nitrogen and oxygen atoms in total. The molecule has 0 aliphatic heterocycles. The van der Waals surface area contributed by atoms with Crippen LogP contribution in [0.4, 0.5) is 0 Å². The van der Waals surface area contributed by atoms with Gasteiger partial charge in [0, 0.05) is 19.0 Å². The second-order valence-corrected chi connectivity index (χ2v) is 3.68. The van der Waals surface area contributed by atoms with E-state index in [-0.39, 0.29) is 24.6 Å². The molecule has 1 amide bonds. The van der Waals surface area contributed by atoms with Crippen LogP contribution in [0, 0.1) is 0 Å². The van der Waals surface area contributed by atoms with Gasteiger partial charge in [-0.3, -0.25) is 15.4 Å². The molecule has 0 bridgehead atoms. The van der Waals surface area contributed by atoms with Crippen molar-refractivity contribution in [1.29, 1.82) is 0 Å². The van der Waals surface area contributed by atoms with Crippen LogP contribution in [0.25, 0.3) is 0 Å². The smallest absolute Gasteiger partial charge is 0.352 e. The summed E-state index contributed by atoms with van der Waals surface area (Å²) in [6.45, 7) is -0.000821. The minimum atomic E-state index is -2.28. The highest BCUT2D eigenvalue weighted by Gasteiger charge is 2.23. The Balaban J connectivity index is 4.07. The van der Waals surface area contributed by atoms with Crippen LogP contribution >= 0.6 is 0 Å². The highest BCUT2D eigenvalue weighted by molar-refractivity contribution is 5.77. The first kappa shape index (κ1) is 16.7. The van der Waals surface area contributed by atoms with E-state index in [1.165, 1.54) is 0 Å². The molecule has 18 heavy (non-hydrogen) atoms. The third-order valence-corrected chi connectivity index (χ3v) is 1.99. The van der Waals surface area contributed by atoms with E-state index in [0.29, 0.717) is 0 Å². The van der Waals surface area contributed by atoms with Gasteiger partial charge in [0.2, 0.25) is 12.1 Å². The zero-order valence-electron chi connectivity index (χ0n) is 9.56. The fraction of sp³-hybridized carbons (Fsp3) is 0.750. The molecule has 10 heteroatoms. The van der Waals surface area contributed by atoms with Gasteiger partial charge < -0.3 is 26.8 Å². The number of nitrogens with zero attached hydrogens (tertiary/aromatic N) is 1. The number of nitrogens with two attached hydrogens (primary N) is 2. The monoisotopic (exact) mass is 266 g/mol. The molecule has 0 aromatic heterocycles. The fourth-order valence-corrected chi connectivity index (χ4v) is 1.11. The Morgan fingerprint density at radius 1 is 1.33 bits per heavy atom. The molecule has 0 unspecified atom stereocenters. The van der Waals surface area contributed by atoms with Gasteiger partial charge >= 0.3 is 5.97 Å². The van der Waals surface area contributed by atoms with E-state index in [0.717, 1.165) is 0 Å². The lowest BCUT2D eigenvalue weighted by Crippen LogP contribution is -2.50. The number of rotatable bonds is 8. The lowest BCUT2D eigenvalue weighted by molar-refractivity contribution is -0.234. The molecule has 0 saturated heterocycles. The van der Waals surface area contributed by atoms with Gasteiger partial charge in [-0.05, 0) is 6.42 Å². The summed E-state index contributed by atoms with van der Waals surface area (Å²) in [5.74, 6) is -2.55. The number of carboxylic acids is 1. The molecule has 0 rings (SSSR count). The van der Waals surface area contributed by atoms with Gasteiger partial charge in [0.15, 0.2) is 0 Å². The molecule has 0 aliphatic carbocycles. The molecule has 0 radical (unpaired) electrons. The minimum Gasteiger partial charge on any atom is -0.478 e. The van der Waals surface area contributed by atoms with Crippen LogP contribution in [0.2, 0.25) is 0 Å². The first-order valence-electron chi connectivity index (χ1n) is 5.10. The lowest BCUT2D eigenvalue weighted by atomic mass is 10.1. The second-order valence-electron chi connectivity index (χ2n) is 3.68. The van der Waals surface area contributed by atoms with Gasteiger partial charge in [0.25, 0.3) is 0 Å². The molecule has 0 aliphatic rings. The van der Waals surface area contributed by atoms with Gasteiger partial charge in [0.05, 0.1) is 6.10 Å². The maximum atomic E-state index is 11.3. The van der Waals surface area contributed by atoms with E-state index < -0.39 is 30.3 Å². The molecular formula is C8H18N4O6. The predicted octanol–water partition coefficient (Wildman–Crippen LogP) is -3.46. The van der Waals surface area contributed by atoms with Crippen LogP contribution < -0.4 is 16.9 Å². The van der Waals surface area contributed by atoms with Crippen LogP contribution in [0.5, 0.6) is 0 Å². The van der Waals surface area contributed by atoms with Crippen LogP contribution in [0.1, 0.15) is 12.8 Å². The number of carboxylic acid groups (broad SMARTS) is 1. The van der Waals surface area contributed by atoms with Crippen molar-refractivity contribution in [1.82, 2.24) is 10.6 Å². The Morgan fingerprint density at radius 2 is 1.89 bits per heavy atom. The largest absolute Gasteiger partial charge is 0.478 e. The summed E-state index contributed by atoms with van der Waals surface area (Å²) >= 11 is 0. The highest BCUT2D eigenvalue weighted by Crippen LogP contribution is 1.99. The Hall–Kier alpha value is -1.30. The fourth-order valence-electron chi connectivity index (χ4n) is 1.11. The number of hydrazine groups is 1. The van der Waals surface area contributed by atoms with Crippen molar-refractivity contribution < 1.29 is 30.1 Å². The van der Waals surface area contributed by atoms with Gasteiger partial charge in [-0.15, -0.1) is 0 Å². The van der Waals surface area contributed by atoms with Crippen molar-refractivity contribution in [3.8, 4) is 0 Å². The number of aliphatic carboxylic acids is 1. The molecule has 0 heterocycles. The summed E-state index contributed by atoms with van der Waals surface area (Å²) in [6, 6.07) is -0.709. The van der Waals surface area contributed by atoms with Crippen LogP contribution in [0.15, 0.2) is 0 Å². The van der Waals surface area contributed by atoms with E-state index in [2.05, 4.69) is 0 Å². The number of aliphatic hydroxyl groups is 2. The van der Waals surface area contributed by atoms with Gasteiger partial charge in [-0.1, -0.05) is 5.17 Å². The number of amides is 1. The normalized spacial score (nSPS) is 16.1. The third kappa shape index (κ3) is 6.44. The van der Waals surface area contributed by atoms with Gasteiger partial charge in [-0.2, -0.15) is 0 Å². The minimum absolute atomic E-state index is 0.000821. The van der Waals surface area contributed by atoms with E-state index >= 15 is 0 Å². The molecular weight excluding hydrogens is 248 g/mol. The lowest BCUT2D eigenvalue weighted by Gasteiger charge is -2.20. The third-order valence-electron chi connectivity index (χ3n) is 1.99. The van der Waals surface area contributed by atoms with Crippen molar-refractivity contribution in [2.75, 3.05) is 6.54 Å².